The predicted molar refractivity (Wildman–Crippen MR) is 109 cm³/mol. The quantitative estimate of drug-likeness (QED) is 0.717. The van der Waals surface area contributed by atoms with E-state index in [-0.39, 0.29) is 5.91 Å². The van der Waals surface area contributed by atoms with E-state index in [0.717, 1.165) is 30.8 Å². The molecule has 142 valence electrons. The summed E-state index contributed by atoms with van der Waals surface area (Å²) in [5.41, 5.74) is 3.73. The van der Waals surface area contributed by atoms with Crippen molar-refractivity contribution in [2.45, 2.75) is 12.8 Å². The smallest absolute Gasteiger partial charge is 0.278 e. The highest BCUT2D eigenvalue weighted by molar-refractivity contribution is 6.06. The number of hydrogen-bond donors (Lipinski definition) is 1. The normalized spacial score (nSPS) is 12.5. The standard InChI is InChI=1S/C22H22N4O2/c1-28-18-8-6-16(7-9-18)12-14-23-21-11-10-19(24-25-21)22(27)26-15-13-17-4-2-3-5-20(17)26/h2-11H,12-15H2,1H3,(H,23,25). The first-order valence-corrected chi connectivity index (χ1v) is 9.35. The minimum Gasteiger partial charge on any atom is -0.497 e. The lowest BCUT2D eigenvalue weighted by atomic mass is 10.1. The van der Waals surface area contributed by atoms with Crippen LogP contribution >= 0.6 is 0 Å². The molecule has 0 atom stereocenters. The van der Waals surface area contributed by atoms with Crippen LogP contribution in [0.4, 0.5) is 11.5 Å². The maximum absolute atomic E-state index is 12.8. The zero-order chi connectivity index (χ0) is 19.3. The summed E-state index contributed by atoms with van der Waals surface area (Å²) in [6, 6.07) is 19.5. The number of nitrogens with zero attached hydrogens (tertiary/aromatic N) is 3. The Morgan fingerprint density at radius 3 is 2.64 bits per heavy atom. The van der Waals surface area contributed by atoms with Crippen LogP contribution in [0.15, 0.2) is 60.7 Å². The van der Waals surface area contributed by atoms with E-state index in [1.165, 1.54) is 11.1 Å². The van der Waals surface area contributed by atoms with Gasteiger partial charge in [0.05, 0.1) is 7.11 Å². The minimum atomic E-state index is -0.109. The van der Waals surface area contributed by atoms with Crippen molar-refractivity contribution in [2.75, 3.05) is 30.4 Å². The summed E-state index contributed by atoms with van der Waals surface area (Å²) in [7, 11) is 1.66. The summed E-state index contributed by atoms with van der Waals surface area (Å²) >= 11 is 0. The molecule has 0 saturated heterocycles. The molecule has 2 aromatic carbocycles. The van der Waals surface area contributed by atoms with E-state index in [9.17, 15) is 4.79 Å². The largest absolute Gasteiger partial charge is 0.497 e. The number of carbonyl (C=O) groups is 1. The molecule has 0 fully saturated rings. The molecule has 2 heterocycles. The van der Waals surface area contributed by atoms with Crippen LogP contribution in [0.2, 0.25) is 0 Å². The molecular weight excluding hydrogens is 352 g/mol. The van der Waals surface area contributed by atoms with Crippen molar-refractivity contribution in [1.82, 2.24) is 10.2 Å². The number of carbonyl (C=O) groups excluding carboxylic acids is 1. The SMILES string of the molecule is COc1ccc(CCNc2ccc(C(=O)N3CCc4ccccc43)nn2)cc1. The van der Waals surface area contributed by atoms with E-state index >= 15 is 0 Å². The van der Waals surface area contributed by atoms with Crippen LogP contribution in [-0.2, 0) is 12.8 Å². The van der Waals surface area contributed by atoms with Crippen LogP contribution in [0.25, 0.3) is 0 Å². The van der Waals surface area contributed by atoms with Gasteiger partial charge in [-0.05, 0) is 54.3 Å². The van der Waals surface area contributed by atoms with Gasteiger partial charge in [0.25, 0.3) is 5.91 Å². The summed E-state index contributed by atoms with van der Waals surface area (Å²) in [4.78, 5) is 14.5. The van der Waals surface area contributed by atoms with E-state index in [4.69, 9.17) is 4.74 Å². The Morgan fingerprint density at radius 1 is 1.07 bits per heavy atom. The molecule has 6 heteroatoms. The van der Waals surface area contributed by atoms with Gasteiger partial charge in [-0.3, -0.25) is 4.79 Å². The number of anilines is 2. The van der Waals surface area contributed by atoms with Crippen molar-refractivity contribution in [1.29, 1.82) is 0 Å². The first kappa shape index (κ1) is 18.0. The van der Waals surface area contributed by atoms with Crippen LogP contribution < -0.4 is 15.0 Å². The van der Waals surface area contributed by atoms with Gasteiger partial charge < -0.3 is 15.0 Å². The number of ether oxygens (including phenoxy) is 1. The van der Waals surface area contributed by atoms with Gasteiger partial charge in [0.15, 0.2) is 5.69 Å². The van der Waals surface area contributed by atoms with Crippen molar-refractivity contribution in [3.8, 4) is 5.75 Å². The van der Waals surface area contributed by atoms with Crippen molar-refractivity contribution in [3.63, 3.8) is 0 Å². The molecule has 1 amide bonds. The molecule has 3 aromatic rings. The van der Waals surface area contributed by atoms with E-state index in [0.29, 0.717) is 18.1 Å². The van der Waals surface area contributed by atoms with Gasteiger partial charge in [0, 0.05) is 18.8 Å². The first-order chi connectivity index (χ1) is 13.7. The van der Waals surface area contributed by atoms with E-state index in [2.05, 4.69) is 21.6 Å². The molecule has 28 heavy (non-hydrogen) atoms. The number of methoxy groups -OCH3 is 1. The third-order valence-electron chi connectivity index (χ3n) is 4.89. The van der Waals surface area contributed by atoms with Gasteiger partial charge in [-0.2, -0.15) is 0 Å². The lowest BCUT2D eigenvalue weighted by Gasteiger charge is -2.16. The monoisotopic (exact) mass is 374 g/mol. The molecule has 1 aromatic heterocycles. The molecule has 1 aliphatic rings. The Hall–Kier alpha value is -3.41. The van der Waals surface area contributed by atoms with Crippen molar-refractivity contribution in [3.05, 3.63) is 77.5 Å². The third-order valence-corrected chi connectivity index (χ3v) is 4.89. The molecule has 4 rings (SSSR count). The maximum atomic E-state index is 12.8. The van der Waals surface area contributed by atoms with Gasteiger partial charge in [0.1, 0.15) is 11.6 Å². The van der Waals surface area contributed by atoms with Gasteiger partial charge in [-0.15, -0.1) is 10.2 Å². The molecule has 0 spiro atoms. The molecule has 0 radical (unpaired) electrons. The molecule has 6 nitrogen and oxygen atoms in total. The van der Waals surface area contributed by atoms with Crippen molar-refractivity contribution in [2.24, 2.45) is 0 Å². The summed E-state index contributed by atoms with van der Waals surface area (Å²) in [6.07, 6.45) is 1.73. The van der Waals surface area contributed by atoms with E-state index in [1.54, 1.807) is 24.1 Å². The second-order valence-electron chi connectivity index (χ2n) is 6.66. The number of amides is 1. The molecule has 1 aliphatic heterocycles. The average Bonchev–Trinajstić information content (AvgIpc) is 3.18. The Labute approximate surface area is 164 Å². The number of para-hydroxylation sites is 1. The zero-order valence-electron chi connectivity index (χ0n) is 15.8. The molecule has 1 N–H and O–H groups in total. The second kappa shape index (κ2) is 8.08. The summed E-state index contributed by atoms with van der Waals surface area (Å²) in [5, 5.41) is 11.5. The van der Waals surface area contributed by atoms with Crippen molar-refractivity contribution < 1.29 is 9.53 Å². The lowest BCUT2D eigenvalue weighted by Crippen LogP contribution is -2.29. The highest BCUT2D eigenvalue weighted by atomic mass is 16.5. The Balaban J connectivity index is 1.34. The summed E-state index contributed by atoms with van der Waals surface area (Å²) in [6.45, 7) is 1.41. The van der Waals surface area contributed by atoms with Gasteiger partial charge in [0.2, 0.25) is 0 Å². The van der Waals surface area contributed by atoms with Gasteiger partial charge in [-0.1, -0.05) is 30.3 Å². The average molecular weight is 374 g/mol. The maximum Gasteiger partial charge on any atom is 0.278 e. The lowest BCUT2D eigenvalue weighted by molar-refractivity contribution is 0.0983. The van der Waals surface area contributed by atoms with Crippen LogP contribution in [-0.4, -0.2) is 36.3 Å². The molecule has 0 unspecified atom stereocenters. The zero-order valence-corrected chi connectivity index (χ0v) is 15.8. The topological polar surface area (TPSA) is 67.3 Å². The number of nitrogens with one attached hydrogen (secondary N) is 1. The summed E-state index contributed by atoms with van der Waals surface area (Å²) in [5.74, 6) is 1.40. The van der Waals surface area contributed by atoms with E-state index in [1.807, 2.05) is 42.5 Å². The first-order valence-electron chi connectivity index (χ1n) is 9.35. The fourth-order valence-corrected chi connectivity index (χ4v) is 3.36. The van der Waals surface area contributed by atoms with Crippen LogP contribution in [0, 0.1) is 0 Å². The highest BCUT2D eigenvalue weighted by Crippen LogP contribution is 2.28. The van der Waals surface area contributed by atoms with Crippen LogP contribution in [0.1, 0.15) is 21.6 Å². The van der Waals surface area contributed by atoms with E-state index < -0.39 is 0 Å². The number of hydrogen-bond acceptors (Lipinski definition) is 5. The van der Waals surface area contributed by atoms with Gasteiger partial charge >= 0.3 is 0 Å². The van der Waals surface area contributed by atoms with Crippen LogP contribution in [0.3, 0.4) is 0 Å². The molecular formula is C22H22N4O2. The minimum absolute atomic E-state index is 0.109. The molecule has 0 aliphatic carbocycles. The fraction of sp³-hybridized carbons (Fsp3) is 0.227. The van der Waals surface area contributed by atoms with Crippen LogP contribution in [0.5, 0.6) is 5.75 Å². The Morgan fingerprint density at radius 2 is 1.89 bits per heavy atom. The molecule has 0 bridgehead atoms. The second-order valence-corrected chi connectivity index (χ2v) is 6.66. The van der Waals surface area contributed by atoms with Crippen molar-refractivity contribution >= 4 is 17.4 Å². The summed E-state index contributed by atoms with van der Waals surface area (Å²) < 4.78 is 5.16. The Kier molecular flexibility index (Phi) is 5.19. The van der Waals surface area contributed by atoms with Gasteiger partial charge in [-0.25, -0.2) is 0 Å². The predicted octanol–water partition coefficient (Wildman–Crippen LogP) is 3.34. The Bertz CT molecular complexity index is 955. The number of rotatable bonds is 6. The fourth-order valence-electron chi connectivity index (χ4n) is 3.36. The highest BCUT2D eigenvalue weighted by Gasteiger charge is 2.26. The number of benzene rings is 2. The third kappa shape index (κ3) is 3.81. The number of fused-ring (bicyclic) bond motifs is 1. The molecule has 0 saturated carbocycles. The number of aromatic nitrogens is 2.